The first-order valence-corrected chi connectivity index (χ1v) is 9.75. The van der Waals surface area contributed by atoms with Crippen LogP contribution in [0.15, 0.2) is 24.3 Å². The third-order valence-corrected chi connectivity index (χ3v) is 4.78. The zero-order chi connectivity index (χ0) is 18.9. The quantitative estimate of drug-likeness (QED) is 0.670. The second-order valence-electron chi connectivity index (χ2n) is 7.02. The zero-order valence-electron chi connectivity index (χ0n) is 15.7. The molecule has 0 saturated carbocycles. The second-order valence-corrected chi connectivity index (χ2v) is 7.45. The molecule has 2 rings (SSSR count). The molecule has 0 aromatic heterocycles. The van der Waals surface area contributed by atoms with Gasteiger partial charge < -0.3 is 15.0 Å². The lowest BCUT2D eigenvalue weighted by atomic mass is 9.96. The molecule has 0 radical (unpaired) electrons. The lowest BCUT2D eigenvalue weighted by molar-refractivity contribution is -0.138. The van der Waals surface area contributed by atoms with Crippen molar-refractivity contribution < 1.29 is 14.3 Å². The number of likely N-dealkylation sites (tertiary alicyclic amines) is 1. The minimum Gasteiger partial charge on any atom is -0.379 e. The van der Waals surface area contributed by atoms with Crippen LogP contribution in [-0.2, 0) is 20.7 Å². The summed E-state index contributed by atoms with van der Waals surface area (Å²) in [7, 11) is 0. The Labute approximate surface area is 161 Å². The highest BCUT2D eigenvalue weighted by Crippen LogP contribution is 2.19. The predicted octanol–water partition coefficient (Wildman–Crippen LogP) is 3.05. The highest BCUT2D eigenvalue weighted by molar-refractivity contribution is 6.30. The van der Waals surface area contributed by atoms with Gasteiger partial charge in [0.1, 0.15) is 0 Å². The Bertz CT molecular complexity index is 589. The van der Waals surface area contributed by atoms with Crippen LogP contribution < -0.4 is 5.32 Å². The predicted molar refractivity (Wildman–Crippen MR) is 103 cm³/mol. The van der Waals surface area contributed by atoms with Gasteiger partial charge in [0.2, 0.25) is 11.8 Å². The largest absolute Gasteiger partial charge is 0.379 e. The lowest BCUT2D eigenvalue weighted by Gasteiger charge is -2.32. The highest BCUT2D eigenvalue weighted by Gasteiger charge is 2.29. The van der Waals surface area contributed by atoms with E-state index in [1.807, 2.05) is 43.0 Å². The molecule has 0 aliphatic carbocycles. The van der Waals surface area contributed by atoms with Crippen molar-refractivity contribution in [2.75, 3.05) is 26.2 Å². The van der Waals surface area contributed by atoms with Crippen LogP contribution in [0.2, 0.25) is 5.02 Å². The monoisotopic (exact) mass is 380 g/mol. The molecular weight excluding hydrogens is 352 g/mol. The Balaban J connectivity index is 1.74. The van der Waals surface area contributed by atoms with E-state index in [0.717, 1.165) is 18.4 Å². The Kier molecular flexibility index (Phi) is 8.39. The molecule has 26 heavy (non-hydrogen) atoms. The van der Waals surface area contributed by atoms with Gasteiger partial charge in [-0.25, -0.2) is 0 Å². The maximum atomic E-state index is 12.4. The van der Waals surface area contributed by atoms with Gasteiger partial charge in [0.05, 0.1) is 12.0 Å². The zero-order valence-corrected chi connectivity index (χ0v) is 16.4. The summed E-state index contributed by atoms with van der Waals surface area (Å²) in [5.41, 5.74) is 1.14. The van der Waals surface area contributed by atoms with Gasteiger partial charge in [-0.15, -0.1) is 0 Å². The fourth-order valence-electron chi connectivity index (χ4n) is 3.01. The Morgan fingerprint density at radius 3 is 2.77 bits per heavy atom. The number of carbonyl (C=O) groups excluding carboxylic acids is 2. The maximum absolute atomic E-state index is 12.4. The van der Waals surface area contributed by atoms with Crippen molar-refractivity contribution in [1.82, 2.24) is 10.2 Å². The topological polar surface area (TPSA) is 58.6 Å². The molecule has 1 N–H and O–H groups in total. The average Bonchev–Trinajstić information content (AvgIpc) is 2.61. The average molecular weight is 381 g/mol. The molecule has 0 bridgehead atoms. The molecule has 1 aromatic rings. The second kappa shape index (κ2) is 10.5. The highest BCUT2D eigenvalue weighted by atomic mass is 35.5. The summed E-state index contributed by atoms with van der Waals surface area (Å²) in [4.78, 5) is 26.3. The first-order valence-electron chi connectivity index (χ1n) is 9.37. The summed E-state index contributed by atoms with van der Waals surface area (Å²) in [5, 5.41) is 3.68. The number of halogens is 1. The summed E-state index contributed by atoms with van der Waals surface area (Å²) < 4.78 is 5.47. The van der Waals surface area contributed by atoms with Crippen LogP contribution in [0.3, 0.4) is 0 Å². The molecule has 1 saturated heterocycles. The van der Waals surface area contributed by atoms with Crippen molar-refractivity contribution in [3.63, 3.8) is 0 Å². The fraction of sp³-hybridized carbons (Fsp3) is 0.600. The van der Waals surface area contributed by atoms with Gasteiger partial charge in [0.25, 0.3) is 0 Å². The van der Waals surface area contributed by atoms with E-state index in [4.69, 9.17) is 16.3 Å². The molecule has 1 aliphatic rings. The van der Waals surface area contributed by atoms with Crippen molar-refractivity contribution in [3.05, 3.63) is 34.9 Å². The normalized spacial score (nSPS) is 17.6. The van der Waals surface area contributed by atoms with Gasteiger partial charge in [-0.2, -0.15) is 0 Å². The smallest absolute Gasteiger partial charge is 0.224 e. The van der Waals surface area contributed by atoms with Crippen LogP contribution >= 0.6 is 11.6 Å². The van der Waals surface area contributed by atoms with Crippen molar-refractivity contribution >= 4 is 23.4 Å². The lowest BCUT2D eigenvalue weighted by Crippen LogP contribution is -2.46. The standard InChI is InChI=1S/C20H29ClN2O3/c1-15(2)26-13-3-11-22-20(25)17-6-9-19(24)23(14-17)12-10-16-4-7-18(21)8-5-16/h4-5,7-8,15,17H,3,6,9-14H2,1-2H3,(H,22,25). The van der Waals surface area contributed by atoms with Crippen LogP contribution in [0.4, 0.5) is 0 Å². The van der Waals surface area contributed by atoms with Crippen LogP contribution in [-0.4, -0.2) is 49.1 Å². The minimum atomic E-state index is -0.121. The van der Waals surface area contributed by atoms with Crippen LogP contribution in [0.25, 0.3) is 0 Å². The number of amides is 2. The number of rotatable bonds is 9. The molecule has 144 valence electrons. The number of nitrogens with zero attached hydrogens (tertiary/aromatic N) is 1. The Morgan fingerprint density at radius 2 is 2.08 bits per heavy atom. The van der Waals surface area contributed by atoms with Crippen molar-refractivity contribution in [2.45, 2.75) is 45.6 Å². The van der Waals surface area contributed by atoms with Gasteiger partial charge in [-0.05, 0) is 50.8 Å². The van der Waals surface area contributed by atoms with Crippen LogP contribution in [0.5, 0.6) is 0 Å². The molecule has 1 atom stereocenters. The molecule has 1 unspecified atom stereocenters. The molecule has 2 amide bonds. The van der Waals surface area contributed by atoms with Crippen molar-refractivity contribution in [3.8, 4) is 0 Å². The van der Waals surface area contributed by atoms with Crippen LogP contribution in [0, 0.1) is 5.92 Å². The molecule has 6 heteroatoms. The number of nitrogens with one attached hydrogen (secondary N) is 1. The van der Waals surface area contributed by atoms with E-state index in [2.05, 4.69) is 5.32 Å². The number of benzene rings is 1. The van der Waals surface area contributed by atoms with Gasteiger partial charge in [-0.1, -0.05) is 23.7 Å². The van der Waals surface area contributed by atoms with E-state index >= 15 is 0 Å². The Hall–Kier alpha value is -1.59. The van der Waals surface area contributed by atoms with E-state index in [9.17, 15) is 9.59 Å². The summed E-state index contributed by atoms with van der Waals surface area (Å²) in [6, 6.07) is 7.66. The van der Waals surface area contributed by atoms with Gasteiger partial charge >= 0.3 is 0 Å². The van der Waals surface area contributed by atoms with E-state index in [1.54, 1.807) is 0 Å². The molecule has 1 fully saturated rings. The Morgan fingerprint density at radius 1 is 1.35 bits per heavy atom. The number of piperidine rings is 1. The number of ether oxygens (including phenoxy) is 1. The van der Waals surface area contributed by atoms with E-state index in [-0.39, 0.29) is 23.8 Å². The third kappa shape index (κ3) is 6.96. The molecule has 5 nitrogen and oxygen atoms in total. The van der Waals surface area contributed by atoms with Gasteiger partial charge in [0, 0.05) is 37.7 Å². The fourth-order valence-corrected chi connectivity index (χ4v) is 3.13. The SMILES string of the molecule is CC(C)OCCCNC(=O)C1CCC(=O)N(CCc2ccc(Cl)cc2)C1. The molecule has 0 spiro atoms. The first-order chi connectivity index (χ1) is 12.5. The van der Waals surface area contributed by atoms with E-state index < -0.39 is 0 Å². The van der Waals surface area contributed by atoms with Gasteiger partial charge in [0.15, 0.2) is 0 Å². The summed E-state index contributed by atoms with van der Waals surface area (Å²) >= 11 is 5.90. The number of hydrogen-bond donors (Lipinski definition) is 1. The summed E-state index contributed by atoms with van der Waals surface area (Å²) in [6.45, 7) is 6.38. The van der Waals surface area contributed by atoms with Crippen molar-refractivity contribution in [2.24, 2.45) is 5.92 Å². The summed E-state index contributed by atoms with van der Waals surface area (Å²) in [5.74, 6) is 0.0517. The van der Waals surface area contributed by atoms with Crippen molar-refractivity contribution in [1.29, 1.82) is 0 Å². The maximum Gasteiger partial charge on any atom is 0.224 e. The molecule has 1 aliphatic heterocycles. The molecule has 1 heterocycles. The third-order valence-electron chi connectivity index (χ3n) is 4.53. The minimum absolute atomic E-state index is 0.0403. The summed E-state index contributed by atoms with van der Waals surface area (Å²) in [6.07, 6.45) is 2.85. The van der Waals surface area contributed by atoms with Gasteiger partial charge in [-0.3, -0.25) is 9.59 Å². The molecular formula is C20H29ClN2O3. The number of carbonyl (C=O) groups is 2. The van der Waals surface area contributed by atoms with E-state index in [0.29, 0.717) is 44.1 Å². The first kappa shape index (κ1) is 20.7. The van der Waals surface area contributed by atoms with Crippen LogP contribution in [0.1, 0.15) is 38.7 Å². The molecule has 1 aromatic carbocycles. The van der Waals surface area contributed by atoms with E-state index in [1.165, 1.54) is 0 Å². The number of hydrogen-bond acceptors (Lipinski definition) is 3.